The van der Waals surface area contributed by atoms with Gasteiger partial charge in [0.25, 0.3) is 0 Å². The molecule has 0 unspecified atom stereocenters. The second-order valence-corrected chi connectivity index (χ2v) is 7.63. The molecule has 0 aliphatic carbocycles. The van der Waals surface area contributed by atoms with Gasteiger partial charge in [-0.15, -0.1) is 0 Å². The van der Waals surface area contributed by atoms with Gasteiger partial charge >= 0.3 is 6.03 Å². The highest BCUT2D eigenvalue weighted by molar-refractivity contribution is 5.95. The number of carbonyl (C=O) groups excluding carboxylic acids is 3. The van der Waals surface area contributed by atoms with Crippen molar-refractivity contribution in [2.24, 2.45) is 0 Å². The van der Waals surface area contributed by atoms with Crippen LogP contribution in [0.4, 0.5) is 4.79 Å². The first-order chi connectivity index (χ1) is 13.5. The number of hydrogen-bond acceptors (Lipinski definition) is 5. The Labute approximate surface area is 163 Å². The molecule has 2 atom stereocenters. The molecule has 28 heavy (non-hydrogen) atoms. The predicted molar refractivity (Wildman–Crippen MR) is 99.5 cm³/mol. The molecule has 9 nitrogen and oxygen atoms in total. The quantitative estimate of drug-likeness (QED) is 0.792. The van der Waals surface area contributed by atoms with Crippen molar-refractivity contribution >= 4 is 17.8 Å². The summed E-state index contributed by atoms with van der Waals surface area (Å²) in [5.74, 6) is 0.683. The second kappa shape index (κ2) is 7.65. The zero-order valence-electron chi connectivity index (χ0n) is 15.9. The smallest absolute Gasteiger partial charge is 0.317 e. The zero-order chi connectivity index (χ0) is 19.7. The number of ether oxygens (including phenoxy) is 1. The maximum Gasteiger partial charge on any atom is 0.317 e. The molecule has 1 N–H and O–H groups in total. The molecule has 0 spiro atoms. The molecule has 3 aliphatic heterocycles. The lowest BCUT2D eigenvalue weighted by Gasteiger charge is -2.33. The molecule has 9 heteroatoms. The number of piperidine rings is 1. The number of amides is 4. The third kappa shape index (κ3) is 3.74. The van der Waals surface area contributed by atoms with Crippen LogP contribution in [0.5, 0.6) is 5.75 Å². The minimum absolute atomic E-state index is 0.0505. The number of hydrogen-bond donors (Lipinski definition) is 1. The second-order valence-electron chi connectivity index (χ2n) is 7.63. The Morgan fingerprint density at radius 3 is 2.64 bits per heavy atom. The lowest BCUT2D eigenvalue weighted by Crippen LogP contribution is -2.56. The number of carbonyl (C=O) groups is 3. The van der Waals surface area contributed by atoms with Crippen molar-refractivity contribution in [1.29, 1.82) is 0 Å². The molecule has 4 amide bonds. The number of aromatic nitrogens is 1. The molecular formula is C19H25N5O4. The van der Waals surface area contributed by atoms with Gasteiger partial charge in [-0.25, -0.2) is 4.79 Å². The summed E-state index contributed by atoms with van der Waals surface area (Å²) in [6.07, 6.45) is 5.47. The molecule has 4 heterocycles. The number of rotatable bonds is 3. The number of piperazine rings is 1. The highest BCUT2D eigenvalue weighted by atomic mass is 16.5. The van der Waals surface area contributed by atoms with Gasteiger partial charge < -0.3 is 24.8 Å². The highest BCUT2D eigenvalue weighted by Gasteiger charge is 2.45. The lowest BCUT2D eigenvalue weighted by molar-refractivity contribution is -0.152. The number of nitrogens with zero attached hydrogens (tertiary/aromatic N) is 4. The summed E-state index contributed by atoms with van der Waals surface area (Å²) < 4.78 is 5.93. The van der Waals surface area contributed by atoms with Crippen LogP contribution in [0.25, 0.3) is 0 Å². The normalized spacial score (nSPS) is 25.7. The third-order valence-electron chi connectivity index (χ3n) is 5.66. The van der Waals surface area contributed by atoms with E-state index in [9.17, 15) is 14.4 Å². The number of urea groups is 1. The lowest BCUT2D eigenvalue weighted by atomic mass is 10.1. The summed E-state index contributed by atoms with van der Waals surface area (Å²) in [6.45, 7) is 1.74. The molecule has 3 fully saturated rings. The molecule has 1 aromatic rings. The number of likely N-dealkylation sites (tertiary alicyclic amines) is 1. The van der Waals surface area contributed by atoms with Gasteiger partial charge in [0.2, 0.25) is 11.8 Å². The van der Waals surface area contributed by atoms with E-state index in [-0.39, 0.29) is 36.5 Å². The number of nitrogens with one attached hydrogen (secondary N) is 1. The van der Waals surface area contributed by atoms with Gasteiger partial charge in [0, 0.05) is 51.9 Å². The van der Waals surface area contributed by atoms with Crippen molar-refractivity contribution in [1.82, 2.24) is 25.0 Å². The predicted octanol–water partition coefficient (Wildman–Crippen LogP) is 0.0759. The van der Waals surface area contributed by atoms with Crippen molar-refractivity contribution in [2.75, 3.05) is 33.2 Å². The molecule has 0 saturated carbocycles. The van der Waals surface area contributed by atoms with Crippen LogP contribution < -0.4 is 10.1 Å². The van der Waals surface area contributed by atoms with E-state index in [1.54, 1.807) is 29.2 Å². The molecule has 3 aliphatic rings. The van der Waals surface area contributed by atoms with Crippen molar-refractivity contribution in [3.63, 3.8) is 0 Å². The van der Waals surface area contributed by atoms with E-state index in [0.29, 0.717) is 26.1 Å². The van der Waals surface area contributed by atoms with Gasteiger partial charge in [-0.3, -0.25) is 14.6 Å². The Balaban J connectivity index is 1.26. The highest BCUT2D eigenvalue weighted by Crippen LogP contribution is 2.24. The van der Waals surface area contributed by atoms with E-state index in [2.05, 4.69) is 10.3 Å². The standard InChI is InChI=1S/C19H25N5O4/c1-22-12-17(25)24-11-13(10-16(24)18(22)26)21-19(27)23-8-4-15(5-9-23)28-14-2-6-20-7-3-14/h2-3,6-7,13,15-16H,4-5,8-12H2,1H3,(H,21,27)/t13-,16-/m0/s1. The van der Waals surface area contributed by atoms with Gasteiger partial charge in [0.1, 0.15) is 17.9 Å². The fourth-order valence-electron chi connectivity index (χ4n) is 4.13. The number of likely N-dealkylation sites (N-methyl/N-ethyl adjacent to an activating group) is 1. The Kier molecular flexibility index (Phi) is 5.06. The van der Waals surface area contributed by atoms with Crippen molar-refractivity contribution in [3.8, 4) is 5.75 Å². The Morgan fingerprint density at radius 1 is 1.21 bits per heavy atom. The van der Waals surface area contributed by atoms with Crippen LogP contribution in [0.1, 0.15) is 19.3 Å². The van der Waals surface area contributed by atoms with E-state index in [1.807, 2.05) is 12.1 Å². The number of pyridine rings is 1. The minimum Gasteiger partial charge on any atom is -0.490 e. The largest absolute Gasteiger partial charge is 0.490 e. The fraction of sp³-hybridized carbons (Fsp3) is 0.579. The van der Waals surface area contributed by atoms with E-state index in [4.69, 9.17) is 4.74 Å². The summed E-state index contributed by atoms with van der Waals surface area (Å²) in [5.41, 5.74) is 0. The first-order valence-electron chi connectivity index (χ1n) is 9.68. The molecular weight excluding hydrogens is 362 g/mol. The van der Waals surface area contributed by atoms with E-state index in [0.717, 1.165) is 18.6 Å². The zero-order valence-corrected chi connectivity index (χ0v) is 15.9. The van der Waals surface area contributed by atoms with Crippen molar-refractivity contribution < 1.29 is 19.1 Å². The minimum atomic E-state index is -0.448. The molecule has 150 valence electrons. The van der Waals surface area contributed by atoms with E-state index >= 15 is 0 Å². The monoisotopic (exact) mass is 387 g/mol. The Bertz CT molecular complexity index is 750. The fourth-order valence-corrected chi connectivity index (χ4v) is 4.13. The maximum atomic E-state index is 12.6. The van der Waals surface area contributed by atoms with Gasteiger partial charge in [0.05, 0.1) is 12.6 Å². The molecule has 0 radical (unpaired) electrons. The third-order valence-corrected chi connectivity index (χ3v) is 5.66. The van der Waals surface area contributed by atoms with Crippen LogP contribution in [-0.4, -0.2) is 88.9 Å². The number of fused-ring (bicyclic) bond motifs is 1. The first-order valence-corrected chi connectivity index (χ1v) is 9.68. The average Bonchev–Trinajstić information content (AvgIpc) is 3.12. The average molecular weight is 387 g/mol. The van der Waals surface area contributed by atoms with Crippen LogP contribution >= 0.6 is 0 Å². The molecule has 3 saturated heterocycles. The summed E-state index contributed by atoms with van der Waals surface area (Å²) >= 11 is 0. The van der Waals surface area contributed by atoms with Gasteiger partial charge in [-0.1, -0.05) is 0 Å². The summed E-state index contributed by atoms with van der Waals surface area (Å²) in [5, 5.41) is 3.00. The maximum absolute atomic E-state index is 12.6. The van der Waals surface area contributed by atoms with Crippen LogP contribution in [0.15, 0.2) is 24.5 Å². The van der Waals surface area contributed by atoms with Crippen LogP contribution in [0, 0.1) is 0 Å². The van der Waals surface area contributed by atoms with Gasteiger partial charge in [-0.05, 0) is 18.6 Å². The Hall–Kier alpha value is -2.84. The van der Waals surface area contributed by atoms with Crippen LogP contribution in [0.2, 0.25) is 0 Å². The summed E-state index contributed by atoms with van der Waals surface area (Å²) in [6, 6.07) is 2.88. The molecule has 1 aromatic heterocycles. The van der Waals surface area contributed by atoms with Gasteiger partial charge in [0.15, 0.2) is 0 Å². The molecule has 0 aromatic carbocycles. The SMILES string of the molecule is CN1CC(=O)N2C[C@@H](NC(=O)N3CCC(Oc4ccncc4)CC3)C[C@H]2C1=O. The molecule has 0 bridgehead atoms. The van der Waals surface area contributed by atoms with Crippen LogP contribution in [0.3, 0.4) is 0 Å². The van der Waals surface area contributed by atoms with E-state index in [1.165, 1.54) is 4.90 Å². The van der Waals surface area contributed by atoms with E-state index < -0.39 is 6.04 Å². The van der Waals surface area contributed by atoms with Crippen molar-refractivity contribution in [2.45, 2.75) is 37.5 Å². The summed E-state index contributed by atoms with van der Waals surface area (Å²) in [7, 11) is 1.64. The van der Waals surface area contributed by atoms with Crippen LogP contribution in [-0.2, 0) is 9.59 Å². The van der Waals surface area contributed by atoms with Gasteiger partial charge in [-0.2, -0.15) is 0 Å². The topological polar surface area (TPSA) is 95.1 Å². The summed E-state index contributed by atoms with van der Waals surface area (Å²) in [4.78, 5) is 45.8. The first kappa shape index (κ1) is 18.5. The Morgan fingerprint density at radius 2 is 1.93 bits per heavy atom. The van der Waals surface area contributed by atoms with Crippen molar-refractivity contribution in [3.05, 3.63) is 24.5 Å². The molecule has 4 rings (SSSR count).